The van der Waals surface area contributed by atoms with E-state index in [1.54, 1.807) is 12.1 Å². The third kappa shape index (κ3) is 3.10. The van der Waals surface area contributed by atoms with Crippen molar-refractivity contribution in [3.05, 3.63) is 22.7 Å². The maximum absolute atomic E-state index is 12.6. The van der Waals surface area contributed by atoms with E-state index >= 15 is 0 Å². The molecule has 0 radical (unpaired) electrons. The molecule has 0 aliphatic carbocycles. The van der Waals surface area contributed by atoms with E-state index in [4.69, 9.17) is 10.5 Å². The Labute approximate surface area is 121 Å². The van der Waals surface area contributed by atoms with Crippen LogP contribution < -0.4 is 5.73 Å². The van der Waals surface area contributed by atoms with E-state index in [-0.39, 0.29) is 17.1 Å². The first kappa shape index (κ1) is 14.8. The van der Waals surface area contributed by atoms with Gasteiger partial charge in [-0.3, -0.25) is 0 Å². The van der Waals surface area contributed by atoms with Crippen molar-refractivity contribution in [2.45, 2.75) is 31.0 Å². The number of nitrogens with two attached hydrogens (primary N) is 1. The minimum absolute atomic E-state index is 0.105. The van der Waals surface area contributed by atoms with Crippen LogP contribution in [0.15, 0.2) is 27.6 Å². The van der Waals surface area contributed by atoms with Crippen molar-refractivity contribution in [1.82, 2.24) is 4.31 Å². The SMILES string of the molecule is C[C@@H]1CN(S(=O)(=O)c2ccc(N)cc2Br)C[C@H](C)O1. The molecule has 2 atom stereocenters. The first-order chi connectivity index (χ1) is 8.80. The summed E-state index contributed by atoms with van der Waals surface area (Å²) >= 11 is 3.26. The largest absolute Gasteiger partial charge is 0.399 e. The number of nitrogen functional groups attached to an aromatic ring is 1. The molecule has 1 aliphatic rings. The van der Waals surface area contributed by atoms with Crippen molar-refractivity contribution < 1.29 is 13.2 Å². The van der Waals surface area contributed by atoms with E-state index in [0.717, 1.165) is 0 Å². The van der Waals surface area contributed by atoms with Gasteiger partial charge in [0, 0.05) is 23.2 Å². The summed E-state index contributed by atoms with van der Waals surface area (Å²) in [4.78, 5) is 0.239. The van der Waals surface area contributed by atoms with Crippen LogP contribution in [-0.2, 0) is 14.8 Å². The number of morpholine rings is 1. The number of benzene rings is 1. The summed E-state index contributed by atoms with van der Waals surface area (Å²) in [6, 6.07) is 4.71. The highest BCUT2D eigenvalue weighted by atomic mass is 79.9. The van der Waals surface area contributed by atoms with Crippen LogP contribution in [0.2, 0.25) is 0 Å². The van der Waals surface area contributed by atoms with Gasteiger partial charge < -0.3 is 10.5 Å². The first-order valence-electron chi connectivity index (χ1n) is 6.01. The third-order valence-electron chi connectivity index (χ3n) is 2.96. The van der Waals surface area contributed by atoms with E-state index in [2.05, 4.69) is 15.9 Å². The van der Waals surface area contributed by atoms with Gasteiger partial charge in [-0.2, -0.15) is 4.31 Å². The molecule has 0 saturated carbocycles. The summed E-state index contributed by atoms with van der Waals surface area (Å²) in [5.74, 6) is 0. The molecule has 0 bridgehead atoms. The van der Waals surface area contributed by atoms with Gasteiger partial charge in [0.25, 0.3) is 0 Å². The van der Waals surface area contributed by atoms with Crippen LogP contribution >= 0.6 is 15.9 Å². The highest BCUT2D eigenvalue weighted by Crippen LogP contribution is 2.28. The molecule has 2 N–H and O–H groups in total. The fourth-order valence-electron chi connectivity index (χ4n) is 2.19. The molecule has 0 unspecified atom stereocenters. The summed E-state index contributed by atoms with van der Waals surface area (Å²) in [5.41, 5.74) is 6.16. The van der Waals surface area contributed by atoms with Gasteiger partial charge in [0.05, 0.1) is 17.1 Å². The Kier molecular flexibility index (Phi) is 4.20. The lowest BCUT2D eigenvalue weighted by atomic mass is 10.3. The van der Waals surface area contributed by atoms with Crippen LogP contribution in [-0.4, -0.2) is 38.0 Å². The van der Waals surface area contributed by atoms with Crippen molar-refractivity contribution in [3.8, 4) is 0 Å². The smallest absolute Gasteiger partial charge is 0.244 e. The zero-order valence-corrected chi connectivity index (χ0v) is 13.2. The standard InChI is InChI=1S/C12H17BrN2O3S/c1-8-6-15(7-9(2)18-8)19(16,17)12-4-3-10(14)5-11(12)13/h3-5,8-9H,6-7,14H2,1-2H3/t8-,9+. The number of halogens is 1. The molecular weight excluding hydrogens is 332 g/mol. The molecule has 5 nitrogen and oxygen atoms in total. The van der Waals surface area contributed by atoms with Gasteiger partial charge in [-0.25, -0.2) is 8.42 Å². The average molecular weight is 349 g/mol. The summed E-state index contributed by atoms with van der Waals surface area (Å²) in [5, 5.41) is 0. The quantitative estimate of drug-likeness (QED) is 0.827. The molecule has 1 aromatic rings. The summed E-state index contributed by atoms with van der Waals surface area (Å²) in [6.45, 7) is 4.47. The number of nitrogens with zero attached hydrogens (tertiary/aromatic N) is 1. The second kappa shape index (κ2) is 5.40. The Morgan fingerprint density at radius 2 is 1.89 bits per heavy atom. The van der Waals surface area contributed by atoms with E-state index in [1.807, 2.05) is 13.8 Å². The second-order valence-electron chi connectivity index (χ2n) is 4.77. The predicted octanol–water partition coefficient (Wildman–Crippen LogP) is 1.83. The molecule has 1 fully saturated rings. The molecule has 0 aromatic heterocycles. The minimum atomic E-state index is -3.52. The first-order valence-corrected chi connectivity index (χ1v) is 8.24. The van der Waals surface area contributed by atoms with E-state index < -0.39 is 10.0 Å². The highest BCUT2D eigenvalue weighted by Gasteiger charge is 2.33. The maximum Gasteiger partial charge on any atom is 0.244 e. The van der Waals surface area contributed by atoms with Crippen molar-refractivity contribution in [2.24, 2.45) is 0 Å². The molecule has 1 saturated heterocycles. The van der Waals surface area contributed by atoms with Gasteiger partial charge in [-0.15, -0.1) is 0 Å². The summed E-state index contributed by atoms with van der Waals surface area (Å²) in [6.07, 6.45) is -0.211. The van der Waals surface area contributed by atoms with Crippen LogP contribution in [0.3, 0.4) is 0 Å². The molecule has 0 amide bonds. The van der Waals surface area contributed by atoms with Crippen LogP contribution in [0, 0.1) is 0 Å². The van der Waals surface area contributed by atoms with Crippen molar-refractivity contribution in [1.29, 1.82) is 0 Å². The van der Waals surface area contributed by atoms with Gasteiger partial charge in [-0.05, 0) is 48.0 Å². The fourth-order valence-corrected chi connectivity index (χ4v) is 4.84. The van der Waals surface area contributed by atoms with Crippen LogP contribution in [0.4, 0.5) is 5.69 Å². The van der Waals surface area contributed by atoms with Crippen LogP contribution in [0.5, 0.6) is 0 Å². The molecule has 1 aromatic carbocycles. The number of hydrogen-bond acceptors (Lipinski definition) is 4. The number of anilines is 1. The van der Waals surface area contributed by atoms with Crippen LogP contribution in [0.25, 0.3) is 0 Å². The molecule has 106 valence electrons. The van der Waals surface area contributed by atoms with Gasteiger partial charge >= 0.3 is 0 Å². The molecular formula is C12H17BrN2O3S. The molecule has 2 rings (SSSR count). The zero-order valence-electron chi connectivity index (χ0n) is 10.8. The van der Waals surface area contributed by atoms with Gasteiger partial charge in [0.15, 0.2) is 0 Å². The Balaban J connectivity index is 2.36. The Morgan fingerprint density at radius 3 is 2.42 bits per heavy atom. The normalized spacial score (nSPS) is 25.4. The zero-order chi connectivity index (χ0) is 14.2. The number of rotatable bonds is 2. The average Bonchev–Trinajstić information content (AvgIpc) is 2.26. The van der Waals surface area contributed by atoms with Gasteiger partial charge in [0.1, 0.15) is 0 Å². The predicted molar refractivity (Wildman–Crippen MR) is 77.3 cm³/mol. The van der Waals surface area contributed by atoms with Crippen molar-refractivity contribution in [3.63, 3.8) is 0 Å². The van der Waals surface area contributed by atoms with Crippen molar-refractivity contribution in [2.75, 3.05) is 18.8 Å². The van der Waals surface area contributed by atoms with Crippen LogP contribution in [0.1, 0.15) is 13.8 Å². The van der Waals surface area contributed by atoms with E-state index in [0.29, 0.717) is 23.2 Å². The van der Waals surface area contributed by atoms with Gasteiger partial charge in [0.2, 0.25) is 10.0 Å². The van der Waals surface area contributed by atoms with Crippen molar-refractivity contribution >= 4 is 31.6 Å². The topological polar surface area (TPSA) is 72.6 Å². The third-order valence-corrected chi connectivity index (χ3v) is 5.77. The lowest BCUT2D eigenvalue weighted by molar-refractivity contribution is -0.0440. The molecule has 7 heteroatoms. The summed E-state index contributed by atoms with van der Waals surface area (Å²) in [7, 11) is -3.52. The lowest BCUT2D eigenvalue weighted by Gasteiger charge is -2.34. The second-order valence-corrected chi connectivity index (χ2v) is 7.53. The highest BCUT2D eigenvalue weighted by molar-refractivity contribution is 9.10. The molecule has 0 spiro atoms. The fraction of sp³-hybridized carbons (Fsp3) is 0.500. The molecule has 19 heavy (non-hydrogen) atoms. The number of ether oxygens (including phenoxy) is 1. The summed E-state index contributed by atoms with van der Waals surface area (Å²) < 4.78 is 32.7. The number of hydrogen-bond donors (Lipinski definition) is 1. The number of sulfonamides is 1. The van der Waals surface area contributed by atoms with E-state index in [9.17, 15) is 8.42 Å². The monoisotopic (exact) mass is 348 g/mol. The Morgan fingerprint density at radius 1 is 1.32 bits per heavy atom. The van der Waals surface area contributed by atoms with E-state index in [1.165, 1.54) is 10.4 Å². The maximum atomic E-state index is 12.6. The van der Waals surface area contributed by atoms with Gasteiger partial charge in [-0.1, -0.05) is 0 Å². The Bertz CT molecular complexity index is 566. The molecule has 1 heterocycles. The minimum Gasteiger partial charge on any atom is -0.399 e. The Hall–Kier alpha value is -0.630. The lowest BCUT2D eigenvalue weighted by Crippen LogP contribution is -2.48. The molecule has 1 aliphatic heterocycles.